The Morgan fingerprint density at radius 3 is 2.69 bits per heavy atom. The Balaban J connectivity index is 1.46. The van der Waals surface area contributed by atoms with Gasteiger partial charge in [0.15, 0.2) is 5.01 Å². The predicted molar refractivity (Wildman–Crippen MR) is 116 cm³/mol. The van der Waals surface area contributed by atoms with Gasteiger partial charge in [-0.05, 0) is 18.7 Å². The predicted octanol–water partition coefficient (Wildman–Crippen LogP) is 3.74. The van der Waals surface area contributed by atoms with Gasteiger partial charge in [-0.2, -0.15) is 0 Å². The zero-order valence-corrected chi connectivity index (χ0v) is 16.9. The standard InChI is InChI=1S/C22H21N5OS/c1-26-7-9-27(10-8-26)22(28)21-25-19(14-29-21)18-13-24-20-17(18)11-16(12-23-20)15-5-3-2-4-6-15/h2-6,11-14H,7-10H2,1H3,(H,23,24). The second kappa shape index (κ2) is 7.42. The molecule has 1 N–H and O–H groups in total. The first-order chi connectivity index (χ1) is 14.2. The SMILES string of the molecule is CN1CCN(C(=O)c2nc(-c3c[nH]c4ncc(-c5ccccc5)cc34)cs2)CC1. The van der Waals surface area contributed by atoms with Gasteiger partial charge in [-0.15, -0.1) is 11.3 Å². The van der Waals surface area contributed by atoms with Crippen molar-refractivity contribution in [3.05, 3.63) is 59.2 Å². The van der Waals surface area contributed by atoms with Gasteiger partial charge in [-0.25, -0.2) is 9.97 Å². The van der Waals surface area contributed by atoms with E-state index in [1.165, 1.54) is 11.3 Å². The van der Waals surface area contributed by atoms with Gasteiger partial charge < -0.3 is 14.8 Å². The molecule has 0 spiro atoms. The average Bonchev–Trinajstić information content (AvgIpc) is 3.41. The summed E-state index contributed by atoms with van der Waals surface area (Å²) in [5.41, 5.74) is 4.78. The van der Waals surface area contributed by atoms with Crippen LogP contribution >= 0.6 is 11.3 Å². The van der Waals surface area contributed by atoms with Crippen molar-refractivity contribution in [2.45, 2.75) is 0 Å². The van der Waals surface area contributed by atoms with Gasteiger partial charge in [0.1, 0.15) is 5.65 Å². The van der Waals surface area contributed by atoms with E-state index in [0.717, 1.165) is 59.6 Å². The zero-order chi connectivity index (χ0) is 19.8. The molecule has 4 heterocycles. The fraction of sp³-hybridized carbons (Fsp3) is 0.227. The molecule has 1 aromatic carbocycles. The van der Waals surface area contributed by atoms with E-state index in [1.54, 1.807) is 0 Å². The van der Waals surface area contributed by atoms with E-state index in [-0.39, 0.29) is 5.91 Å². The van der Waals surface area contributed by atoms with Gasteiger partial charge >= 0.3 is 0 Å². The highest BCUT2D eigenvalue weighted by Crippen LogP contribution is 2.32. The van der Waals surface area contributed by atoms with Crippen LogP contribution in [-0.2, 0) is 0 Å². The minimum absolute atomic E-state index is 0.0253. The molecule has 0 unspecified atom stereocenters. The number of hydrogen-bond acceptors (Lipinski definition) is 5. The van der Waals surface area contributed by atoms with Crippen LogP contribution in [-0.4, -0.2) is 63.9 Å². The monoisotopic (exact) mass is 403 g/mol. The largest absolute Gasteiger partial charge is 0.345 e. The Bertz CT molecular complexity index is 1160. The Labute approximate surface area is 172 Å². The van der Waals surface area contributed by atoms with Crippen LogP contribution in [0.2, 0.25) is 0 Å². The van der Waals surface area contributed by atoms with Crippen molar-refractivity contribution in [3.63, 3.8) is 0 Å². The van der Waals surface area contributed by atoms with Gasteiger partial charge in [-0.3, -0.25) is 4.79 Å². The summed E-state index contributed by atoms with van der Waals surface area (Å²) in [6.07, 6.45) is 3.80. The van der Waals surface area contributed by atoms with E-state index < -0.39 is 0 Å². The number of pyridine rings is 1. The Morgan fingerprint density at radius 1 is 1.10 bits per heavy atom. The van der Waals surface area contributed by atoms with Gasteiger partial charge in [0, 0.05) is 60.5 Å². The number of likely N-dealkylation sites (N-methyl/N-ethyl adjacent to an activating group) is 1. The van der Waals surface area contributed by atoms with Crippen molar-refractivity contribution in [1.82, 2.24) is 24.8 Å². The molecule has 146 valence electrons. The maximum atomic E-state index is 12.8. The number of benzene rings is 1. The number of H-pyrrole nitrogens is 1. The quantitative estimate of drug-likeness (QED) is 0.566. The molecule has 29 heavy (non-hydrogen) atoms. The first kappa shape index (κ1) is 18.0. The highest BCUT2D eigenvalue weighted by Gasteiger charge is 2.23. The summed E-state index contributed by atoms with van der Waals surface area (Å²) in [4.78, 5) is 29.4. The third-order valence-electron chi connectivity index (χ3n) is 5.39. The number of aromatic amines is 1. The number of nitrogens with zero attached hydrogens (tertiary/aromatic N) is 4. The molecule has 4 aromatic rings. The Kier molecular flexibility index (Phi) is 4.61. The molecule has 6 nitrogen and oxygen atoms in total. The molecule has 1 aliphatic heterocycles. The highest BCUT2D eigenvalue weighted by molar-refractivity contribution is 7.12. The van der Waals surface area contributed by atoms with Crippen LogP contribution in [0.4, 0.5) is 0 Å². The summed E-state index contributed by atoms with van der Waals surface area (Å²) >= 11 is 1.41. The number of amides is 1. The maximum Gasteiger partial charge on any atom is 0.282 e. The number of carbonyl (C=O) groups is 1. The highest BCUT2D eigenvalue weighted by atomic mass is 32.1. The van der Waals surface area contributed by atoms with Crippen LogP contribution in [0, 0.1) is 0 Å². The summed E-state index contributed by atoms with van der Waals surface area (Å²) in [7, 11) is 2.08. The summed E-state index contributed by atoms with van der Waals surface area (Å²) in [6.45, 7) is 3.31. The smallest absolute Gasteiger partial charge is 0.282 e. The van der Waals surface area contributed by atoms with Crippen molar-refractivity contribution in [3.8, 4) is 22.4 Å². The summed E-state index contributed by atoms with van der Waals surface area (Å²) in [5, 5.41) is 3.52. The first-order valence-corrected chi connectivity index (χ1v) is 10.5. The number of rotatable bonds is 3. The molecule has 1 amide bonds. The lowest BCUT2D eigenvalue weighted by Gasteiger charge is -2.31. The molecule has 5 rings (SSSR count). The van der Waals surface area contributed by atoms with Crippen molar-refractivity contribution in [1.29, 1.82) is 0 Å². The molecule has 0 saturated carbocycles. The zero-order valence-electron chi connectivity index (χ0n) is 16.1. The normalized spacial score (nSPS) is 15.1. The molecule has 1 fully saturated rings. The fourth-order valence-corrected chi connectivity index (χ4v) is 4.43. The van der Waals surface area contributed by atoms with Crippen LogP contribution in [0.1, 0.15) is 9.80 Å². The van der Waals surface area contributed by atoms with Gasteiger partial charge in [0.25, 0.3) is 5.91 Å². The van der Waals surface area contributed by atoms with Crippen LogP contribution < -0.4 is 0 Å². The Morgan fingerprint density at radius 2 is 1.90 bits per heavy atom. The van der Waals surface area contributed by atoms with Crippen molar-refractivity contribution < 1.29 is 4.79 Å². The van der Waals surface area contributed by atoms with E-state index >= 15 is 0 Å². The second-order valence-corrected chi connectivity index (χ2v) is 8.18. The van der Waals surface area contributed by atoms with E-state index in [9.17, 15) is 4.79 Å². The van der Waals surface area contributed by atoms with Crippen molar-refractivity contribution >= 4 is 28.3 Å². The molecule has 1 saturated heterocycles. The van der Waals surface area contributed by atoms with Gasteiger partial charge in [0.2, 0.25) is 0 Å². The average molecular weight is 404 g/mol. The molecule has 0 radical (unpaired) electrons. The topological polar surface area (TPSA) is 65.1 Å². The number of fused-ring (bicyclic) bond motifs is 1. The molecule has 0 bridgehead atoms. The molecule has 7 heteroatoms. The molecular formula is C22H21N5OS. The van der Waals surface area contributed by atoms with E-state index in [1.807, 2.05) is 40.9 Å². The molecular weight excluding hydrogens is 382 g/mol. The summed E-state index contributed by atoms with van der Waals surface area (Å²) in [6, 6.07) is 12.3. The fourth-order valence-electron chi connectivity index (χ4n) is 3.64. The van der Waals surface area contributed by atoms with Crippen molar-refractivity contribution in [2.75, 3.05) is 33.2 Å². The third-order valence-corrected chi connectivity index (χ3v) is 6.22. The molecule has 0 atom stereocenters. The number of thiazole rings is 1. The molecule has 3 aromatic heterocycles. The van der Waals surface area contributed by atoms with Crippen LogP contribution in [0.5, 0.6) is 0 Å². The lowest BCUT2D eigenvalue weighted by atomic mass is 10.1. The molecule has 1 aliphatic rings. The number of piperazine rings is 1. The van der Waals surface area contributed by atoms with Crippen LogP contribution in [0.25, 0.3) is 33.4 Å². The van der Waals surface area contributed by atoms with E-state index in [2.05, 4.69) is 45.1 Å². The molecule has 0 aliphatic carbocycles. The van der Waals surface area contributed by atoms with Crippen LogP contribution in [0.3, 0.4) is 0 Å². The van der Waals surface area contributed by atoms with E-state index in [4.69, 9.17) is 0 Å². The third kappa shape index (κ3) is 3.43. The van der Waals surface area contributed by atoms with E-state index in [0.29, 0.717) is 5.01 Å². The van der Waals surface area contributed by atoms with Crippen molar-refractivity contribution in [2.24, 2.45) is 0 Å². The first-order valence-electron chi connectivity index (χ1n) is 9.65. The Hall–Kier alpha value is -3.03. The summed E-state index contributed by atoms with van der Waals surface area (Å²) < 4.78 is 0. The summed E-state index contributed by atoms with van der Waals surface area (Å²) in [5.74, 6) is 0.0253. The van der Waals surface area contributed by atoms with Gasteiger partial charge in [0.05, 0.1) is 5.69 Å². The maximum absolute atomic E-state index is 12.8. The van der Waals surface area contributed by atoms with Gasteiger partial charge in [-0.1, -0.05) is 30.3 Å². The number of nitrogens with one attached hydrogen (secondary N) is 1. The minimum Gasteiger partial charge on any atom is -0.345 e. The number of carbonyl (C=O) groups excluding carboxylic acids is 1. The lowest BCUT2D eigenvalue weighted by molar-refractivity contribution is 0.0664. The second-order valence-electron chi connectivity index (χ2n) is 7.32. The minimum atomic E-state index is 0.0253. The van der Waals surface area contributed by atoms with Crippen LogP contribution in [0.15, 0.2) is 54.2 Å². The number of aromatic nitrogens is 3. The number of hydrogen-bond donors (Lipinski definition) is 1. The lowest BCUT2D eigenvalue weighted by Crippen LogP contribution is -2.47.